The first-order valence-electron chi connectivity index (χ1n) is 13.5. The van der Waals surface area contributed by atoms with Crippen molar-refractivity contribution in [2.75, 3.05) is 26.2 Å². The number of amides is 2. The molecule has 1 fully saturated rings. The number of ether oxygens (including phenoxy) is 1. The third-order valence-corrected chi connectivity index (χ3v) is 8.46. The molecule has 1 unspecified atom stereocenters. The molecule has 3 heterocycles. The highest BCUT2D eigenvalue weighted by molar-refractivity contribution is 8.16. The van der Waals surface area contributed by atoms with Gasteiger partial charge in [0.1, 0.15) is 6.61 Å². The Morgan fingerprint density at radius 2 is 1.68 bits per heavy atom. The molecule has 5 rings (SSSR count). The van der Waals surface area contributed by atoms with E-state index in [4.69, 9.17) is 9.73 Å². The van der Waals surface area contributed by atoms with Crippen LogP contribution in [0.2, 0.25) is 0 Å². The number of amidine groups is 1. The maximum absolute atomic E-state index is 13.7. The lowest BCUT2D eigenvalue weighted by Gasteiger charge is -2.38. The van der Waals surface area contributed by atoms with E-state index in [-0.39, 0.29) is 24.8 Å². The molecular weight excluding hydrogens is 524 g/mol. The summed E-state index contributed by atoms with van der Waals surface area (Å²) in [5.74, 6) is -0.394. The highest BCUT2D eigenvalue weighted by Gasteiger charge is 2.42. The van der Waals surface area contributed by atoms with Crippen LogP contribution >= 0.6 is 11.8 Å². The number of benzene rings is 2. The Labute approximate surface area is 239 Å². The molecule has 2 aromatic carbocycles. The van der Waals surface area contributed by atoms with Crippen LogP contribution in [0, 0.1) is 13.8 Å². The van der Waals surface area contributed by atoms with Crippen LogP contribution in [0.3, 0.4) is 0 Å². The molecule has 2 amide bonds. The summed E-state index contributed by atoms with van der Waals surface area (Å²) < 4.78 is 5.82. The number of hydrogen-bond donors (Lipinski definition) is 0. The number of aryl methyl sites for hydroxylation is 2. The van der Waals surface area contributed by atoms with Gasteiger partial charge in [-0.15, -0.1) is 0 Å². The highest BCUT2D eigenvalue weighted by atomic mass is 32.2. The van der Waals surface area contributed by atoms with E-state index in [1.807, 2.05) is 66.3 Å². The molecule has 9 heteroatoms. The van der Waals surface area contributed by atoms with Gasteiger partial charge in [0.25, 0.3) is 0 Å². The van der Waals surface area contributed by atoms with Crippen molar-refractivity contribution in [3.8, 4) is 0 Å². The van der Waals surface area contributed by atoms with Gasteiger partial charge in [-0.3, -0.25) is 9.59 Å². The minimum absolute atomic E-state index is 0.00417. The van der Waals surface area contributed by atoms with E-state index in [0.29, 0.717) is 37.4 Å². The van der Waals surface area contributed by atoms with Gasteiger partial charge in [0.05, 0.1) is 23.7 Å². The quantitative estimate of drug-likeness (QED) is 0.478. The second kappa shape index (κ2) is 11.7. The molecule has 208 valence electrons. The van der Waals surface area contributed by atoms with Crippen molar-refractivity contribution in [3.63, 3.8) is 0 Å². The number of nitrogens with zero attached hydrogens (tertiary/aromatic N) is 4. The van der Waals surface area contributed by atoms with Gasteiger partial charge >= 0.3 is 5.97 Å². The van der Waals surface area contributed by atoms with Crippen LogP contribution in [0.15, 0.2) is 75.9 Å². The largest absolute Gasteiger partial charge is 0.457 e. The van der Waals surface area contributed by atoms with Gasteiger partial charge in [0.2, 0.25) is 11.8 Å². The number of aliphatic imine (C=N–C) groups is 1. The van der Waals surface area contributed by atoms with Crippen LogP contribution < -0.4 is 0 Å². The lowest BCUT2D eigenvalue weighted by Crippen LogP contribution is -2.50. The lowest BCUT2D eigenvalue weighted by atomic mass is 9.90. The summed E-state index contributed by atoms with van der Waals surface area (Å²) in [6.45, 7) is 9.73. The second-order valence-electron chi connectivity index (χ2n) is 10.4. The predicted octanol–water partition coefficient (Wildman–Crippen LogP) is 4.70. The number of hydrogen-bond acceptors (Lipinski definition) is 7. The highest BCUT2D eigenvalue weighted by Crippen LogP contribution is 2.46. The van der Waals surface area contributed by atoms with Gasteiger partial charge in [-0.25, -0.2) is 9.79 Å². The standard InChI is InChI=1S/C31H34N4O4S/c1-20-10-11-21(2)26(16-20)29-28(30(38)39-18-24-8-6-5-7-9-24)22(3)32-31-35(29)25(19-40-31)17-27(37)34-14-12-33(13-15-34)23(4)36/h5-11,16,19,29H,12-15,17-18H2,1-4H3. The Kier molecular flexibility index (Phi) is 8.12. The molecule has 1 atom stereocenters. The number of piperazine rings is 1. The number of esters is 1. The van der Waals surface area contributed by atoms with Crippen molar-refractivity contribution in [3.05, 3.63) is 93.2 Å². The minimum Gasteiger partial charge on any atom is -0.457 e. The Hall–Kier alpha value is -3.85. The summed E-state index contributed by atoms with van der Waals surface area (Å²) in [6.07, 6.45) is 0.179. The fourth-order valence-corrected chi connectivity index (χ4v) is 6.28. The lowest BCUT2D eigenvalue weighted by molar-refractivity contribution is -0.141. The van der Waals surface area contributed by atoms with E-state index in [9.17, 15) is 14.4 Å². The smallest absolute Gasteiger partial charge is 0.338 e. The summed E-state index contributed by atoms with van der Waals surface area (Å²) in [7, 11) is 0. The summed E-state index contributed by atoms with van der Waals surface area (Å²) >= 11 is 1.47. The maximum Gasteiger partial charge on any atom is 0.338 e. The van der Waals surface area contributed by atoms with E-state index in [1.165, 1.54) is 11.8 Å². The van der Waals surface area contributed by atoms with E-state index in [2.05, 4.69) is 18.2 Å². The van der Waals surface area contributed by atoms with Crippen molar-refractivity contribution in [1.29, 1.82) is 0 Å². The van der Waals surface area contributed by atoms with Crippen molar-refractivity contribution in [1.82, 2.24) is 14.7 Å². The molecule has 40 heavy (non-hydrogen) atoms. The summed E-state index contributed by atoms with van der Waals surface area (Å²) in [5.41, 5.74) is 5.90. The monoisotopic (exact) mass is 558 g/mol. The molecule has 3 aliphatic heterocycles. The van der Waals surface area contributed by atoms with Crippen LogP contribution in [0.1, 0.15) is 48.6 Å². The van der Waals surface area contributed by atoms with Gasteiger partial charge < -0.3 is 19.4 Å². The average Bonchev–Trinajstić information content (AvgIpc) is 3.34. The van der Waals surface area contributed by atoms with E-state index in [0.717, 1.165) is 33.1 Å². The van der Waals surface area contributed by atoms with Gasteiger partial charge in [0.15, 0.2) is 5.17 Å². The number of fused-ring (bicyclic) bond motifs is 1. The molecule has 0 radical (unpaired) electrons. The number of carbonyl (C=O) groups is 3. The molecule has 0 N–H and O–H groups in total. The van der Waals surface area contributed by atoms with Crippen molar-refractivity contribution in [2.45, 2.75) is 46.8 Å². The Bertz CT molecular complexity index is 1420. The molecule has 0 saturated carbocycles. The first kappa shape index (κ1) is 27.7. The van der Waals surface area contributed by atoms with Crippen LogP contribution in [0.4, 0.5) is 0 Å². The first-order valence-corrected chi connectivity index (χ1v) is 14.4. The Balaban J connectivity index is 1.43. The molecule has 0 spiro atoms. The maximum atomic E-state index is 13.7. The number of rotatable bonds is 6. The fraction of sp³-hybridized carbons (Fsp3) is 0.355. The molecule has 3 aliphatic rings. The predicted molar refractivity (Wildman–Crippen MR) is 156 cm³/mol. The zero-order chi connectivity index (χ0) is 28.4. The fourth-order valence-electron chi connectivity index (χ4n) is 5.32. The number of thioether (sulfide) groups is 1. The van der Waals surface area contributed by atoms with Crippen molar-refractivity contribution >= 4 is 34.7 Å². The third kappa shape index (κ3) is 5.70. The normalized spacial score (nSPS) is 18.8. The molecule has 0 aliphatic carbocycles. The van der Waals surface area contributed by atoms with Crippen LogP contribution in [0.25, 0.3) is 0 Å². The molecule has 2 aromatic rings. The van der Waals surface area contributed by atoms with Crippen LogP contribution in [-0.2, 0) is 25.7 Å². The van der Waals surface area contributed by atoms with E-state index >= 15 is 0 Å². The second-order valence-corrected chi connectivity index (χ2v) is 11.2. The molecule has 1 saturated heterocycles. The van der Waals surface area contributed by atoms with Crippen molar-refractivity contribution < 1.29 is 19.1 Å². The zero-order valence-corrected chi connectivity index (χ0v) is 24.2. The average molecular weight is 559 g/mol. The topological polar surface area (TPSA) is 82.5 Å². The summed E-state index contributed by atoms with van der Waals surface area (Å²) in [4.78, 5) is 49.2. The molecule has 8 nitrogen and oxygen atoms in total. The minimum atomic E-state index is -0.473. The summed E-state index contributed by atoms with van der Waals surface area (Å²) in [6, 6.07) is 15.4. The SMILES string of the molecule is CC(=O)N1CCN(C(=O)CC2=CSC3=NC(C)=C(C(=O)OCc4ccccc4)C(c4cc(C)ccc4C)N23)CC1. The van der Waals surface area contributed by atoms with E-state index in [1.54, 1.807) is 11.8 Å². The number of allylic oxidation sites excluding steroid dienone is 1. The molecule has 0 bridgehead atoms. The van der Waals surface area contributed by atoms with Crippen molar-refractivity contribution in [2.24, 2.45) is 4.99 Å². The summed E-state index contributed by atoms with van der Waals surface area (Å²) in [5, 5.41) is 2.71. The van der Waals surface area contributed by atoms with Gasteiger partial charge in [-0.05, 0) is 42.9 Å². The third-order valence-electron chi connectivity index (χ3n) is 7.57. The Morgan fingerprint density at radius 1 is 0.975 bits per heavy atom. The van der Waals surface area contributed by atoms with Gasteiger partial charge in [-0.2, -0.15) is 0 Å². The van der Waals surface area contributed by atoms with Gasteiger partial charge in [-0.1, -0.05) is 65.9 Å². The van der Waals surface area contributed by atoms with Crippen LogP contribution in [0.5, 0.6) is 0 Å². The number of carbonyl (C=O) groups excluding carboxylic acids is 3. The van der Waals surface area contributed by atoms with Crippen LogP contribution in [-0.4, -0.2) is 63.8 Å². The van der Waals surface area contributed by atoms with Gasteiger partial charge in [0, 0.05) is 38.8 Å². The van der Waals surface area contributed by atoms with E-state index < -0.39 is 12.0 Å². The first-order chi connectivity index (χ1) is 19.2. The zero-order valence-electron chi connectivity index (χ0n) is 23.3. The Morgan fingerprint density at radius 3 is 2.38 bits per heavy atom. The molecular formula is C31H34N4O4S. The molecule has 0 aromatic heterocycles.